The molecule has 0 aromatic heterocycles. The van der Waals surface area contributed by atoms with E-state index < -0.39 is 0 Å². The van der Waals surface area contributed by atoms with Crippen molar-refractivity contribution >= 4 is 11.8 Å². The molecule has 1 rings (SSSR count). The molecule has 1 saturated carbocycles. The van der Waals surface area contributed by atoms with Gasteiger partial charge in [-0.3, -0.25) is 0 Å². The van der Waals surface area contributed by atoms with E-state index in [1.54, 1.807) is 0 Å². The van der Waals surface area contributed by atoms with Gasteiger partial charge in [-0.25, -0.2) is 0 Å². The second-order valence-electron chi connectivity index (χ2n) is 4.37. The maximum absolute atomic E-state index is 3.92. The van der Waals surface area contributed by atoms with E-state index in [2.05, 4.69) is 25.1 Å². The van der Waals surface area contributed by atoms with Crippen molar-refractivity contribution in [2.45, 2.75) is 50.3 Å². The van der Waals surface area contributed by atoms with Crippen molar-refractivity contribution < 1.29 is 0 Å². The first-order chi connectivity index (χ1) is 6.72. The van der Waals surface area contributed by atoms with Crippen LogP contribution in [-0.4, -0.2) is 24.1 Å². The molecule has 2 heteroatoms. The number of rotatable bonds is 5. The highest BCUT2D eigenvalue weighted by atomic mass is 32.2. The fraction of sp³-hybridized carbons (Fsp3) is 0.833. The Kier molecular flexibility index (Phi) is 5.64. The van der Waals surface area contributed by atoms with Crippen molar-refractivity contribution in [3.8, 4) is 0 Å². The zero-order chi connectivity index (χ0) is 10.4. The zero-order valence-electron chi connectivity index (χ0n) is 9.51. The summed E-state index contributed by atoms with van der Waals surface area (Å²) < 4.78 is 0. The summed E-state index contributed by atoms with van der Waals surface area (Å²) >= 11 is 2.03. The normalized spacial score (nSPS) is 27.6. The SMILES string of the molecule is C=C(C)CCNC1CCC(SC)CC1. The van der Waals surface area contributed by atoms with E-state index in [4.69, 9.17) is 0 Å². The number of hydrogen-bond acceptors (Lipinski definition) is 2. The Morgan fingerprint density at radius 3 is 2.50 bits per heavy atom. The van der Waals surface area contributed by atoms with Gasteiger partial charge in [0.25, 0.3) is 0 Å². The molecular formula is C12H23NS. The number of nitrogens with one attached hydrogen (secondary N) is 1. The van der Waals surface area contributed by atoms with Crippen molar-refractivity contribution in [3.63, 3.8) is 0 Å². The van der Waals surface area contributed by atoms with Crippen molar-refractivity contribution in [2.75, 3.05) is 12.8 Å². The molecule has 0 atom stereocenters. The minimum Gasteiger partial charge on any atom is -0.314 e. The van der Waals surface area contributed by atoms with E-state index in [1.165, 1.54) is 31.3 Å². The maximum Gasteiger partial charge on any atom is 0.00679 e. The number of thioether (sulfide) groups is 1. The Morgan fingerprint density at radius 2 is 2.00 bits per heavy atom. The van der Waals surface area contributed by atoms with Crippen LogP contribution in [0.3, 0.4) is 0 Å². The first-order valence-corrected chi connectivity index (χ1v) is 6.91. The summed E-state index contributed by atoms with van der Waals surface area (Å²) in [6.07, 6.45) is 8.88. The molecule has 0 aliphatic heterocycles. The summed E-state index contributed by atoms with van der Waals surface area (Å²) in [7, 11) is 0. The first kappa shape index (κ1) is 12.1. The van der Waals surface area contributed by atoms with Crippen LogP contribution in [0.2, 0.25) is 0 Å². The van der Waals surface area contributed by atoms with Gasteiger partial charge in [-0.2, -0.15) is 11.8 Å². The molecule has 1 aliphatic rings. The van der Waals surface area contributed by atoms with Gasteiger partial charge in [0.1, 0.15) is 0 Å². The van der Waals surface area contributed by atoms with Crippen molar-refractivity contribution in [3.05, 3.63) is 12.2 Å². The lowest BCUT2D eigenvalue weighted by molar-refractivity contribution is 0.382. The van der Waals surface area contributed by atoms with Crippen LogP contribution in [0.25, 0.3) is 0 Å². The minimum absolute atomic E-state index is 0.776. The summed E-state index contributed by atoms with van der Waals surface area (Å²) in [5.41, 5.74) is 1.29. The molecule has 0 radical (unpaired) electrons. The van der Waals surface area contributed by atoms with Gasteiger partial charge in [0.15, 0.2) is 0 Å². The summed E-state index contributed by atoms with van der Waals surface area (Å²) in [6.45, 7) is 7.14. The molecule has 0 unspecified atom stereocenters. The lowest BCUT2D eigenvalue weighted by Gasteiger charge is -2.28. The third-order valence-corrected chi connectivity index (χ3v) is 4.13. The second kappa shape index (κ2) is 6.52. The van der Waals surface area contributed by atoms with Gasteiger partial charge in [0.05, 0.1) is 0 Å². The van der Waals surface area contributed by atoms with Gasteiger partial charge in [0.2, 0.25) is 0 Å². The summed E-state index contributed by atoms with van der Waals surface area (Å²) in [6, 6.07) is 0.776. The lowest BCUT2D eigenvalue weighted by Crippen LogP contribution is -2.34. The Hall–Kier alpha value is 0.0500. The van der Waals surface area contributed by atoms with Gasteiger partial charge in [-0.05, 0) is 51.8 Å². The molecule has 0 saturated heterocycles. The molecule has 1 fully saturated rings. The molecule has 82 valence electrons. The number of hydrogen-bond donors (Lipinski definition) is 1. The Labute approximate surface area is 92.7 Å². The molecule has 0 aromatic rings. The highest BCUT2D eigenvalue weighted by Crippen LogP contribution is 2.26. The summed E-state index contributed by atoms with van der Waals surface area (Å²) in [4.78, 5) is 0. The standard InChI is InChI=1S/C12H23NS/c1-10(2)8-9-13-11-4-6-12(14-3)7-5-11/h11-13H,1,4-9H2,2-3H3. The average molecular weight is 213 g/mol. The highest BCUT2D eigenvalue weighted by molar-refractivity contribution is 7.99. The van der Waals surface area contributed by atoms with Gasteiger partial charge in [0, 0.05) is 11.3 Å². The molecule has 1 N–H and O–H groups in total. The predicted octanol–water partition coefficient (Wildman–Crippen LogP) is 3.22. The van der Waals surface area contributed by atoms with Gasteiger partial charge < -0.3 is 5.32 Å². The first-order valence-electron chi connectivity index (χ1n) is 5.63. The predicted molar refractivity (Wildman–Crippen MR) is 67.0 cm³/mol. The second-order valence-corrected chi connectivity index (χ2v) is 5.51. The van der Waals surface area contributed by atoms with Crippen molar-refractivity contribution in [1.29, 1.82) is 0 Å². The molecule has 0 spiro atoms. The minimum atomic E-state index is 0.776. The van der Waals surface area contributed by atoms with E-state index in [9.17, 15) is 0 Å². The van der Waals surface area contributed by atoms with Gasteiger partial charge >= 0.3 is 0 Å². The average Bonchev–Trinajstić information content (AvgIpc) is 2.18. The smallest absolute Gasteiger partial charge is 0.00679 e. The van der Waals surface area contributed by atoms with E-state index in [1.807, 2.05) is 11.8 Å². The molecule has 14 heavy (non-hydrogen) atoms. The van der Waals surface area contributed by atoms with Crippen molar-refractivity contribution in [1.82, 2.24) is 5.32 Å². The Balaban J connectivity index is 2.07. The lowest BCUT2D eigenvalue weighted by atomic mass is 9.95. The molecular weight excluding hydrogens is 190 g/mol. The van der Waals surface area contributed by atoms with Crippen LogP contribution >= 0.6 is 11.8 Å². The topological polar surface area (TPSA) is 12.0 Å². The van der Waals surface area contributed by atoms with Crippen LogP contribution in [0, 0.1) is 0 Å². The van der Waals surface area contributed by atoms with Crippen LogP contribution in [0.5, 0.6) is 0 Å². The summed E-state index contributed by atoms with van der Waals surface area (Å²) in [5.74, 6) is 0. The molecule has 1 aliphatic carbocycles. The maximum atomic E-state index is 3.92. The largest absolute Gasteiger partial charge is 0.314 e. The van der Waals surface area contributed by atoms with Crippen LogP contribution in [0.1, 0.15) is 39.0 Å². The van der Waals surface area contributed by atoms with Crippen LogP contribution in [0.15, 0.2) is 12.2 Å². The quantitative estimate of drug-likeness (QED) is 0.704. The van der Waals surface area contributed by atoms with Crippen LogP contribution in [-0.2, 0) is 0 Å². The van der Waals surface area contributed by atoms with Crippen LogP contribution in [0.4, 0.5) is 0 Å². The zero-order valence-corrected chi connectivity index (χ0v) is 10.3. The van der Waals surface area contributed by atoms with Crippen LogP contribution < -0.4 is 5.32 Å². The molecule has 0 bridgehead atoms. The van der Waals surface area contributed by atoms with Gasteiger partial charge in [-0.15, -0.1) is 6.58 Å². The molecule has 1 nitrogen and oxygen atoms in total. The van der Waals surface area contributed by atoms with E-state index in [0.717, 1.165) is 24.3 Å². The van der Waals surface area contributed by atoms with E-state index in [0.29, 0.717) is 0 Å². The molecule has 0 heterocycles. The third kappa shape index (κ3) is 4.52. The third-order valence-electron chi connectivity index (χ3n) is 2.99. The Bertz CT molecular complexity index is 171. The van der Waals surface area contributed by atoms with E-state index >= 15 is 0 Å². The fourth-order valence-corrected chi connectivity index (χ4v) is 2.74. The summed E-state index contributed by atoms with van der Waals surface area (Å²) in [5, 5.41) is 4.55. The highest BCUT2D eigenvalue weighted by Gasteiger charge is 2.19. The van der Waals surface area contributed by atoms with E-state index in [-0.39, 0.29) is 0 Å². The molecule has 0 aromatic carbocycles. The Morgan fingerprint density at radius 1 is 1.36 bits per heavy atom. The van der Waals surface area contributed by atoms with Crippen molar-refractivity contribution in [2.24, 2.45) is 0 Å². The van der Waals surface area contributed by atoms with Gasteiger partial charge in [-0.1, -0.05) is 5.57 Å². The molecule has 0 amide bonds. The fourth-order valence-electron chi connectivity index (χ4n) is 1.99. The monoisotopic (exact) mass is 213 g/mol.